The molecule has 4 rings (SSSR count). The minimum atomic E-state index is -0.186. The molecular weight excluding hydrogens is 352 g/mol. The second-order valence-electron chi connectivity index (χ2n) is 6.30. The third-order valence-corrected chi connectivity index (χ3v) is 4.86. The standard InChI is InChI=1S/C19H17ClN4O2/c1-13-6-8-14(9-7-13)24-19(26)23-11-10-22(12-17(23)21-24)18(25)15-4-2-3-5-16(15)20/h2-9H,10-12H2,1H3. The number of hydrogen-bond donors (Lipinski definition) is 0. The molecule has 2 heterocycles. The Hall–Kier alpha value is -2.86. The van der Waals surface area contributed by atoms with Crippen molar-refractivity contribution in [3.8, 4) is 5.69 Å². The van der Waals surface area contributed by atoms with Crippen LogP contribution in [0.15, 0.2) is 53.3 Å². The van der Waals surface area contributed by atoms with Crippen LogP contribution in [0.1, 0.15) is 21.7 Å². The number of rotatable bonds is 2. The monoisotopic (exact) mass is 368 g/mol. The molecule has 1 aliphatic rings. The van der Waals surface area contributed by atoms with Gasteiger partial charge < -0.3 is 4.90 Å². The zero-order chi connectivity index (χ0) is 18.3. The lowest BCUT2D eigenvalue weighted by molar-refractivity contribution is 0.0706. The molecule has 6 nitrogen and oxygen atoms in total. The van der Waals surface area contributed by atoms with Gasteiger partial charge in [-0.25, -0.2) is 4.79 Å². The molecule has 2 aromatic carbocycles. The van der Waals surface area contributed by atoms with Gasteiger partial charge in [0.05, 0.1) is 22.8 Å². The van der Waals surface area contributed by atoms with Gasteiger partial charge in [-0.05, 0) is 31.2 Å². The van der Waals surface area contributed by atoms with Crippen molar-refractivity contribution in [1.29, 1.82) is 0 Å². The highest BCUT2D eigenvalue weighted by Crippen LogP contribution is 2.20. The molecule has 0 saturated carbocycles. The van der Waals surface area contributed by atoms with E-state index in [1.807, 2.05) is 31.2 Å². The summed E-state index contributed by atoms with van der Waals surface area (Å²) in [5, 5.41) is 4.86. The molecule has 7 heteroatoms. The van der Waals surface area contributed by atoms with Crippen molar-refractivity contribution in [3.63, 3.8) is 0 Å². The van der Waals surface area contributed by atoms with Crippen molar-refractivity contribution in [2.45, 2.75) is 20.0 Å². The van der Waals surface area contributed by atoms with Crippen molar-refractivity contribution in [1.82, 2.24) is 19.2 Å². The maximum Gasteiger partial charge on any atom is 0.350 e. The number of fused-ring (bicyclic) bond motifs is 1. The van der Waals surface area contributed by atoms with Gasteiger partial charge in [-0.3, -0.25) is 9.36 Å². The Labute approximate surface area is 155 Å². The molecule has 0 bridgehead atoms. The van der Waals surface area contributed by atoms with Crippen LogP contribution in [0.5, 0.6) is 0 Å². The smallest absolute Gasteiger partial charge is 0.329 e. The van der Waals surface area contributed by atoms with E-state index in [1.165, 1.54) is 4.68 Å². The molecule has 1 aliphatic heterocycles. The van der Waals surface area contributed by atoms with Crippen LogP contribution in [0.4, 0.5) is 0 Å². The highest BCUT2D eigenvalue weighted by Gasteiger charge is 2.27. The van der Waals surface area contributed by atoms with E-state index in [1.54, 1.807) is 33.7 Å². The SMILES string of the molecule is Cc1ccc(-n2nc3n(c2=O)CCN(C(=O)c2ccccc2Cl)C3)cc1. The maximum atomic E-state index is 12.7. The first-order valence-corrected chi connectivity index (χ1v) is 8.72. The number of benzene rings is 2. The van der Waals surface area contributed by atoms with Gasteiger partial charge in [0.2, 0.25) is 0 Å². The Morgan fingerprint density at radius 1 is 1.08 bits per heavy atom. The third-order valence-electron chi connectivity index (χ3n) is 4.53. The van der Waals surface area contributed by atoms with E-state index < -0.39 is 0 Å². The fourth-order valence-electron chi connectivity index (χ4n) is 3.08. The van der Waals surface area contributed by atoms with Crippen molar-refractivity contribution in [2.24, 2.45) is 0 Å². The Kier molecular flexibility index (Phi) is 4.12. The number of amides is 1. The number of nitrogens with zero attached hydrogens (tertiary/aromatic N) is 4. The largest absolute Gasteiger partial charge is 0.350 e. The van der Waals surface area contributed by atoms with E-state index >= 15 is 0 Å². The zero-order valence-electron chi connectivity index (χ0n) is 14.2. The van der Waals surface area contributed by atoms with Crippen LogP contribution in [-0.2, 0) is 13.1 Å². The number of aryl methyl sites for hydroxylation is 1. The van der Waals surface area contributed by atoms with Crippen LogP contribution in [0.3, 0.4) is 0 Å². The molecule has 0 radical (unpaired) electrons. The van der Waals surface area contributed by atoms with E-state index in [0.29, 0.717) is 35.2 Å². The highest BCUT2D eigenvalue weighted by atomic mass is 35.5. The number of aromatic nitrogens is 3. The van der Waals surface area contributed by atoms with Gasteiger partial charge in [0.1, 0.15) is 0 Å². The fourth-order valence-corrected chi connectivity index (χ4v) is 3.30. The predicted octanol–water partition coefficient (Wildman–Crippen LogP) is 2.65. The predicted molar refractivity (Wildman–Crippen MR) is 98.8 cm³/mol. The van der Waals surface area contributed by atoms with Crippen LogP contribution in [0.2, 0.25) is 5.02 Å². The van der Waals surface area contributed by atoms with Crippen molar-refractivity contribution in [3.05, 3.63) is 81.0 Å². The average molecular weight is 369 g/mol. The van der Waals surface area contributed by atoms with Crippen molar-refractivity contribution >= 4 is 17.5 Å². The van der Waals surface area contributed by atoms with E-state index in [-0.39, 0.29) is 18.1 Å². The highest BCUT2D eigenvalue weighted by molar-refractivity contribution is 6.33. The lowest BCUT2D eigenvalue weighted by Gasteiger charge is -2.27. The normalized spacial score (nSPS) is 13.5. The van der Waals surface area contributed by atoms with Crippen molar-refractivity contribution in [2.75, 3.05) is 6.54 Å². The third kappa shape index (κ3) is 2.82. The second kappa shape index (κ2) is 6.46. The summed E-state index contributed by atoms with van der Waals surface area (Å²) in [4.78, 5) is 27.1. The fraction of sp³-hybridized carbons (Fsp3) is 0.211. The zero-order valence-corrected chi connectivity index (χ0v) is 15.0. The summed E-state index contributed by atoms with van der Waals surface area (Å²) >= 11 is 6.14. The van der Waals surface area contributed by atoms with Gasteiger partial charge in [-0.1, -0.05) is 41.4 Å². The summed E-state index contributed by atoms with van der Waals surface area (Å²) in [7, 11) is 0. The summed E-state index contributed by atoms with van der Waals surface area (Å²) in [5.41, 5.74) is 2.10. The van der Waals surface area contributed by atoms with Gasteiger partial charge in [-0.15, -0.1) is 5.10 Å². The minimum Gasteiger partial charge on any atom is -0.329 e. The van der Waals surface area contributed by atoms with E-state index in [0.717, 1.165) is 5.56 Å². The lowest BCUT2D eigenvalue weighted by atomic mass is 10.2. The summed E-state index contributed by atoms with van der Waals surface area (Å²) in [6, 6.07) is 14.6. The topological polar surface area (TPSA) is 60.1 Å². The molecule has 0 saturated heterocycles. The first-order chi connectivity index (χ1) is 12.5. The number of carbonyl (C=O) groups excluding carboxylic acids is 1. The maximum absolute atomic E-state index is 12.7. The van der Waals surface area contributed by atoms with Gasteiger partial charge in [-0.2, -0.15) is 4.68 Å². The molecule has 0 unspecified atom stereocenters. The van der Waals surface area contributed by atoms with E-state index in [9.17, 15) is 9.59 Å². The molecular formula is C19H17ClN4O2. The molecule has 1 amide bonds. The Morgan fingerprint density at radius 2 is 1.81 bits per heavy atom. The van der Waals surface area contributed by atoms with Crippen LogP contribution >= 0.6 is 11.6 Å². The number of hydrogen-bond acceptors (Lipinski definition) is 3. The van der Waals surface area contributed by atoms with Gasteiger partial charge in [0.25, 0.3) is 5.91 Å². The average Bonchev–Trinajstić information content (AvgIpc) is 2.98. The summed E-state index contributed by atoms with van der Waals surface area (Å²) in [6.07, 6.45) is 0. The number of carbonyl (C=O) groups is 1. The molecule has 0 fully saturated rings. The van der Waals surface area contributed by atoms with Crippen LogP contribution < -0.4 is 5.69 Å². The molecule has 3 aromatic rings. The van der Waals surface area contributed by atoms with Gasteiger partial charge in [0.15, 0.2) is 5.82 Å². The molecule has 26 heavy (non-hydrogen) atoms. The van der Waals surface area contributed by atoms with E-state index in [2.05, 4.69) is 5.10 Å². The second-order valence-corrected chi connectivity index (χ2v) is 6.71. The summed E-state index contributed by atoms with van der Waals surface area (Å²) < 4.78 is 3.01. The Balaban J connectivity index is 1.65. The lowest BCUT2D eigenvalue weighted by Crippen LogP contribution is -2.41. The quantitative estimate of drug-likeness (QED) is 0.698. The first-order valence-electron chi connectivity index (χ1n) is 8.34. The van der Waals surface area contributed by atoms with E-state index in [4.69, 9.17) is 11.6 Å². The Morgan fingerprint density at radius 3 is 2.54 bits per heavy atom. The first kappa shape index (κ1) is 16.6. The summed E-state index contributed by atoms with van der Waals surface area (Å²) in [5.74, 6) is 0.418. The molecule has 0 aliphatic carbocycles. The van der Waals surface area contributed by atoms with Gasteiger partial charge in [0, 0.05) is 13.1 Å². The van der Waals surface area contributed by atoms with Crippen LogP contribution in [0.25, 0.3) is 5.69 Å². The molecule has 0 spiro atoms. The molecule has 0 atom stereocenters. The molecule has 132 valence electrons. The molecule has 0 N–H and O–H groups in total. The van der Waals surface area contributed by atoms with Crippen LogP contribution in [-0.4, -0.2) is 31.7 Å². The van der Waals surface area contributed by atoms with Crippen molar-refractivity contribution < 1.29 is 4.79 Å². The minimum absolute atomic E-state index is 0.154. The Bertz CT molecular complexity index is 1040. The van der Waals surface area contributed by atoms with Gasteiger partial charge >= 0.3 is 5.69 Å². The van der Waals surface area contributed by atoms with Crippen LogP contribution in [0, 0.1) is 6.92 Å². The number of halogens is 1. The summed E-state index contributed by atoms with van der Waals surface area (Å²) in [6.45, 7) is 3.12. The molecule has 1 aromatic heterocycles.